The summed E-state index contributed by atoms with van der Waals surface area (Å²) in [7, 11) is 0. The summed E-state index contributed by atoms with van der Waals surface area (Å²) in [5.74, 6) is 0.0440. The van der Waals surface area contributed by atoms with Gasteiger partial charge in [0.2, 0.25) is 5.91 Å². The quantitative estimate of drug-likeness (QED) is 0.356. The van der Waals surface area contributed by atoms with Crippen molar-refractivity contribution in [2.45, 2.75) is 88.4 Å². The summed E-state index contributed by atoms with van der Waals surface area (Å²) in [5.41, 5.74) is 3.61. The van der Waals surface area contributed by atoms with Gasteiger partial charge < -0.3 is 10.6 Å². The van der Waals surface area contributed by atoms with Crippen LogP contribution in [0.3, 0.4) is 0 Å². The highest BCUT2D eigenvalue weighted by Crippen LogP contribution is 2.43. The molecule has 9 heteroatoms. The van der Waals surface area contributed by atoms with Crippen LogP contribution >= 0.6 is 24.8 Å². The topological polar surface area (TPSA) is 71.3 Å². The van der Waals surface area contributed by atoms with Crippen LogP contribution in [0.1, 0.15) is 75.8 Å². The lowest BCUT2D eigenvalue weighted by atomic mass is 9.79. The highest BCUT2D eigenvalue weighted by Gasteiger charge is 2.40. The second-order valence-corrected chi connectivity index (χ2v) is 11.8. The van der Waals surface area contributed by atoms with E-state index in [1.54, 1.807) is 0 Å². The van der Waals surface area contributed by atoms with Crippen molar-refractivity contribution >= 4 is 41.8 Å². The number of carbonyl (C=O) groups is 1. The van der Waals surface area contributed by atoms with Crippen LogP contribution in [-0.4, -0.2) is 52.2 Å². The lowest BCUT2D eigenvalue weighted by Gasteiger charge is -2.47. The molecule has 1 aromatic heterocycles. The molecule has 7 nitrogen and oxygen atoms in total. The molecule has 3 heterocycles. The van der Waals surface area contributed by atoms with Crippen molar-refractivity contribution in [3.05, 3.63) is 70.6 Å². The van der Waals surface area contributed by atoms with E-state index in [0.717, 1.165) is 56.4 Å². The van der Waals surface area contributed by atoms with Gasteiger partial charge >= 0.3 is 5.69 Å². The predicted octanol–water partition coefficient (Wildman–Crippen LogP) is 5.40. The molecule has 3 aliphatic rings. The minimum Gasteiger partial charge on any atom is -0.353 e. The zero-order valence-electron chi connectivity index (χ0n) is 23.9. The van der Waals surface area contributed by atoms with Gasteiger partial charge in [-0.25, -0.2) is 4.79 Å². The fourth-order valence-electron chi connectivity index (χ4n) is 7.53. The summed E-state index contributed by atoms with van der Waals surface area (Å²) in [6.07, 6.45) is 11.6. The number of piperidine rings is 1. The Kier molecular flexibility index (Phi) is 11.0. The number of rotatable bonds is 7. The van der Waals surface area contributed by atoms with Crippen LogP contribution in [0, 0.1) is 0 Å². The molecular formula is C32H45Cl2N5O2. The molecule has 3 aromatic rings. The third kappa shape index (κ3) is 6.38. The van der Waals surface area contributed by atoms with Gasteiger partial charge in [-0.15, -0.1) is 24.8 Å². The predicted molar refractivity (Wildman–Crippen MR) is 170 cm³/mol. The number of imidazole rings is 1. The Hall–Kier alpha value is -2.32. The van der Waals surface area contributed by atoms with Crippen molar-refractivity contribution in [2.75, 3.05) is 26.2 Å². The van der Waals surface area contributed by atoms with E-state index in [0.29, 0.717) is 13.1 Å². The molecule has 2 N–H and O–H groups in total. The van der Waals surface area contributed by atoms with Crippen LogP contribution in [-0.2, 0) is 16.9 Å². The minimum absolute atomic E-state index is 0. The fourth-order valence-corrected chi connectivity index (χ4v) is 7.53. The first-order valence-electron chi connectivity index (χ1n) is 15.2. The third-order valence-corrected chi connectivity index (χ3v) is 9.56. The van der Waals surface area contributed by atoms with E-state index in [-0.39, 0.29) is 54.0 Å². The summed E-state index contributed by atoms with van der Waals surface area (Å²) in [6.45, 7) is 3.87. The van der Waals surface area contributed by atoms with Gasteiger partial charge in [-0.05, 0) is 62.8 Å². The van der Waals surface area contributed by atoms with Gasteiger partial charge in [0.1, 0.15) is 0 Å². The standard InChI is InChI=1S/C32H43N5O2.2ClH/c38-30(27-13-10-20-33-27)34-21-24-36-28-14-6-7-15-29(28)37(31(36)39)26-16-22-35(23-17-26)32(18-8-1-2-9-19-32)25-11-4-3-5-12-25;;/h3-7,11-12,14-15,26-27,33H,1-2,8-10,13,16-24H2,(H,34,38);2*1H. The van der Waals surface area contributed by atoms with Gasteiger partial charge in [0.15, 0.2) is 0 Å². The van der Waals surface area contributed by atoms with Gasteiger partial charge in [-0.3, -0.25) is 18.8 Å². The van der Waals surface area contributed by atoms with Crippen molar-refractivity contribution < 1.29 is 4.79 Å². The third-order valence-electron chi connectivity index (χ3n) is 9.56. The van der Waals surface area contributed by atoms with Crippen LogP contribution in [0.25, 0.3) is 11.0 Å². The van der Waals surface area contributed by atoms with Gasteiger partial charge in [-0.1, -0.05) is 68.1 Å². The van der Waals surface area contributed by atoms with Crippen LogP contribution in [0.5, 0.6) is 0 Å². The Morgan fingerprint density at radius 3 is 2.17 bits per heavy atom. The van der Waals surface area contributed by atoms with E-state index >= 15 is 0 Å². The summed E-state index contributed by atoms with van der Waals surface area (Å²) in [6, 6.07) is 19.4. The number of nitrogens with one attached hydrogen (secondary N) is 2. The van der Waals surface area contributed by atoms with Crippen molar-refractivity contribution in [1.82, 2.24) is 24.7 Å². The number of aromatic nitrogens is 2. The molecule has 0 spiro atoms. The molecular weight excluding hydrogens is 557 g/mol. The molecule has 1 saturated carbocycles. The van der Waals surface area contributed by atoms with Crippen molar-refractivity contribution in [3.8, 4) is 0 Å². The SMILES string of the molecule is Cl.Cl.O=C(NCCn1c(=O)n(C2CCN(C3(c4ccccc4)CCCCCC3)CC2)c2ccccc21)C1CCCN1. The number of para-hydroxylation sites is 2. The number of benzene rings is 2. The smallest absolute Gasteiger partial charge is 0.329 e. The van der Waals surface area contributed by atoms with Gasteiger partial charge in [-0.2, -0.15) is 0 Å². The Balaban J connectivity index is 0.00000194. The summed E-state index contributed by atoms with van der Waals surface area (Å²) < 4.78 is 3.91. The van der Waals surface area contributed by atoms with E-state index < -0.39 is 0 Å². The molecule has 2 saturated heterocycles. The van der Waals surface area contributed by atoms with Gasteiger partial charge in [0.25, 0.3) is 0 Å². The van der Waals surface area contributed by atoms with E-state index in [4.69, 9.17) is 0 Å². The fraction of sp³-hybridized carbons (Fsp3) is 0.562. The Bertz CT molecular complexity index is 1320. The first kappa shape index (κ1) is 31.6. The number of amides is 1. The van der Waals surface area contributed by atoms with Crippen LogP contribution in [0.15, 0.2) is 59.4 Å². The maximum atomic E-state index is 13.8. The minimum atomic E-state index is -0.0964. The molecule has 2 aromatic carbocycles. The highest BCUT2D eigenvalue weighted by atomic mass is 35.5. The highest BCUT2D eigenvalue weighted by molar-refractivity contribution is 5.85. The molecule has 41 heavy (non-hydrogen) atoms. The van der Waals surface area contributed by atoms with E-state index in [9.17, 15) is 9.59 Å². The molecule has 2 aliphatic heterocycles. The van der Waals surface area contributed by atoms with Crippen LogP contribution in [0.2, 0.25) is 0 Å². The van der Waals surface area contributed by atoms with Gasteiger partial charge in [0.05, 0.1) is 17.1 Å². The second kappa shape index (κ2) is 14.2. The average molecular weight is 603 g/mol. The number of carbonyl (C=O) groups excluding carboxylic acids is 1. The van der Waals surface area contributed by atoms with E-state index in [1.165, 1.54) is 44.1 Å². The Morgan fingerprint density at radius 1 is 0.854 bits per heavy atom. The molecule has 0 radical (unpaired) electrons. The second-order valence-electron chi connectivity index (χ2n) is 11.8. The molecule has 1 unspecified atom stereocenters. The summed E-state index contributed by atoms with van der Waals surface area (Å²) in [5, 5.41) is 6.29. The molecule has 1 amide bonds. The number of hydrogen-bond donors (Lipinski definition) is 2. The lowest BCUT2D eigenvalue weighted by molar-refractivity contribution is -0.122. The number of likely N-dealkylation sites (tertiary alicyclic amines) is 1. The largest absolute Gasteiger partial charge is 0.353 e. The Labute approximate surface area is 255 Å². The maximum Gasteiger partial charge on any atom is 0.329 e. The number of fused-ring (bicyclic) bond motifs is 1. The molecule has 1 aliphatic carbocycles. The molecule has 0 bridgehead atoms. The summed E-state index contributed by atoms with van der Waals surface area (Å²) >= 11 is 0. The van der Waals surface area contributed by atoms with Crippen molar-refractivity contribution in [1.29, 1.82) is 0 Å². The molecule has 6 rings (SSSR count). The van der Waals surface area contributed by atoms with E-state index in [2.05, 4.69) is 56.5 Å². The average Bonchev–Trinajstić information content (AvgIpc) is 3.53. The van der Waals surface area contributed by atoms with Crippen molar-refractivity contribution in [3.63, 3.8) is 0 Å². The number of halogens is 2. The summed E-state index contributed by atoms with van der Waals surface area (Å²) in [4.78, 5) is 29.0. The van der Waals surface area contributed by atoms with Crippen LogP contribution in [0.4, 0.5) is 0 Å². The number of hydrogen-bond acceptors (Lipinski definition) is 4. The molecule has 1 atom stereocenters. The van der Waals surface area contributed by atoms with Crippen LogP contribution < -0.4 is 16.3 Å². The normalized spacial score (nSPS) is 21.5. The first-order chi connectivity index (χ1) is 19.2. The maximum absolute atomic E-state index is 13.8. The number of nitrogens with zero attached hydrogens (tertiary/aromatic N) is 3. The van der Waals surface area contributed by atoms with Crippen molar-refractivity contribution in [2.24, 2.45) is 0 Å². The molecule has 3 fully saturated rings. The van der Waals surface area contributed by atoms with E-state index in [1.807, 2.05) is 22.8 Å². The zero-order valence-corrected chi connectivity index (χ0v) is 25.6. The monoisotopic (exact) mass is 601 g/mol. The zero-order chi connectivity index (χ0) is 26.7. The molecule has 224 valence electrons. The lowest BCUT2D eigenvalue weighted by Crippen LogP contribution is -2.50. The first-order valence-corrected chi connectivity index (χ1v) is 15.2. The van der Waals surface area contributed by atoms with Gasteiger partial charge in [0, 0.05) is 37.8 Å². The Morgan fingerprint density at radius 2 is 1.51 bits per heavy atom.